The third-order valence-electron chi connectivity index (χ3n) is 7.60. The molecule has 0 aromatic heterocycles. The number of methoxy groups -OCH3 is 2. The molecule has 2 atom stereocenters. The van der Waals surface area contributed by atoms with Crippen LogP contribution in [-0.2, 0) is 17.6 Å². The molecule has 1 saturated heterocycles. The minimum absolute atomic E-state index is 0.0353. The number of carbonyl (C=O) groups is 1. The van der Waals surface area contributed by atoms with Crippen molar-refractivity contribution in [2.75, 3.05) is 50.2 Å². The van der Waals surface area contributed by atoms with Gasteiger partial charge in [0.1, 0.15) is 11.5 Å². The van der Waals surface area contributed by atoms with E-state index in [9.17, 15) is 14.9 Å². The molecule has 1 N–H and O–H groups in total. The largest absolute Gasteiger partial charge is 0.497 e. The summed E-state index contributed by atoms with van der Waals surface area (Å²) < 4.78 is 10.8. The number of amides is 1. The van der Waals surface area contributed by atoms with E-state index in [2.05, 4.69) is 15.1 Å². The lowest BCUT2D eigenvalue weighted by molar-refractivity contribution is -0.384. The molecule has 2 aliphatic heterocycles. The number of hydrogen-bond donors (Lipinski definition) is 1. The van der Waals surface area contributed by atoms with Gasteiger partial charge in [0.05, 0.1) is 36.8 Å². The van der Waals surface area contributed by atoms with Gasteiger partial charge in [-0.2, -0.15) is 0 Å². The van der Waals surface area contributed by atoms with E-state index in [1.807, 2.05) is 42.5 Å². The first-order valence-electron chi connectivity index (χ1n) is 12.9. The molecule has 3 aromatic rings. The summed E-state index contributed by atoms with van der Waals surface area (Å²) in [4.78, 5) is 29.1. The molecule has 0 unspecified atom stereocenters. The van der Waals surface area contributed by atoms with Gasteiger partial charge in [0.25, 0.3) is 5.69 Å². The van der Waals surface area contributed by atoms with E-state index in [1.165, 1.54) is 6.07 Å². The number of non-ortho nitro benzene ring substituents is 1. The summed E-state index contributed by atoms with van der Waals surface area (Å²) in [5, 5.41) is 15.2. The van der Waals surface area contributed by atoms with Crippen LogP contribution in [0, 0.1) is 16.0 Å². The Kier molecular flexibility index (Phi) is 7.79. The normalized spacial score (nSPS) is 18.1. The van der Waals surface area contributed by atoms with Crippen LogP contribution in [0.1, 0.15) is 11.1 Å². The summed E-state index contributed by atoms with van der Waals surface area (Å²) in [6.45, 7) is 2.42. The number of nitro groups is 1. The third-order valence-corrected chi connectivity index (χ3v) is 7.83. The van der Waals surface area contributed by atoms with E-state index in [1.54, 1.807) is 26.4 Å². The number of nitrogens with one attached hydrogen (secondary N) is 1. The molecular weight excluding hydrogens is 520 g/mol. The number of fused-ring (bicyclic) bond motifs is 3. The van der Waals surface area contributed by atoms with Gasteiger partial charge in [-0.05, 0) is 60.4 Å². The van der Waals surface area contributed by atoms with Crippen molar-refractivity contribution < 1.29 is 19.2 Å². The van der Waals surface area contributed by atoms with Gasteiger partial charge in [0.15, 0.2) is 0 Å². The van der Waals surface area contributed by atoms with Gasteiger partial charge in [-0.3, -0.25) is 14.9 Å². The molecule has 1 fully saturated rings. The van der Waals surface area contributed by atoms with Crippen LogP contribution in [0.2, 0.25) is 5.02 Å². The van der Waals surface area contributed by atoms with E-state index in [-0.39, 0.29) is 28.5 Å². The average molecular weight is 551 g/mol. The maximum atomic E-state index is 13.6. The Morgan fingerprint density at radius 1 is 1.05 bits per heavy atom. The summed E-state index contributed by atoms with van der Waals surface area (Å²) in [5.41, 5.74) is 3.79. The van der Waals surface area contributed by atoms with Crippen LogP contribution in [0.5, 0.6) is 11.5 Å². The predicted octanol–water partition coefficient (Wildman–Crippen LogP) is 4.49. The number of anilines is 2. The predicted molar refractivity (Wildman–Crippen MR) is 151 cm³/mol. The SMILES string of the molecule is COc1ccc(CCNC(=O)[C@H]2Cc3cc([N+](=O)[O-])ccc3N3CCN(c4cc(Cl)ccc4OC)C[C@H]23)cc1. The van der Waals surface area contributed by atoms with Gasteiger partial charge in [0.2, 0.25) is 5.91 Å². The van der Waals surface area contributed by atoms with E-state index in [4.69, 9.17) is 21.1 Å². The number of halogens is 1. The number of nitrogens with zero attached hydrogens (tertiary/aromatic N) is 3. The number of nitro benzene ring substituents is 1. The van der Waals surface area contributed by atoms with Crippen LogP contribution in [0.3, 0.4) is 0 Å². The monoisotopic (exact) mass is 550 g/mol. The van der Waals surface area contributed by atoms with Crippen molar-refractivity contribution in [1.82, 2.24) is 5.32 Å². The summed E-state index contributed by atoms with van der Waals surface area (Å²) in [7, 11) is 3.26. The molecule has 0 saturated carbocycles. The van der Waals surface area contributed by atoms with E-state index in [0.717, 1.165) is 34.0 Å². The van der Waals surface area contributed by atoms with Crippen LogP contribution < -0.4 is 24.6 Å². The summed E-state index contributed by atoms with van der Waals surface area (Å²) in [6.07, 6.45) is 1.11. The van der Waals surface area contributed by atoms with Crippen molar-refractivity contribution in [1.29, 1.82) is 0 Å². The fraction of sp³-hybridized carbons (Fsp3) is 0.345. The second kappa shape index (κ2) is 11.4. The molecule has 1 amide bonds. The van der Waals surface area contributed by atoms with Crippen molar-refractivity contribution in [2.45, 2.75) is 18.9 Å². The minimum atomic E-state index is -0.389. The molecule has 2 aliphatic rings. The molecule has 5 rings (SSSR count). The Hall–Kier alpha value is -3.98. The minimum Gasteiger partial charge on any atom is -0.497 e. The Morgan fingerprint density at radius 2 is 1.85 bits per heavy atom. The zero-order valence-corrected chi connectivity index (χ0v) is 22.7. The highest BCUT2D eigenvalue weighted by atomic mass is 35.5. The van der Waals surface area contributed by atoms with Gasteiger partial charge >= 0.3 is 0 Å². The van der Waals surface area contributed by atoms with Crippen molar-refractivity contribution >= 4 is 34.6 Å². The fourth-order valence-corrected chi connectivity index (χ4v) is 5.77. The van der Waals surface area contributed by atoms with E-state index >= 15 is 0 Å². The Labute approximate surface area is 232 Å². The maximum Gasteiger partial charge on any atom is 0.269 e. The lowest BCUT2D eigenvalue weighted by Crippen LogP contribution is -2.61. The van der Waals surface area contributed by atoms with Crippen LogP contribution in [0.4, 0.5) is 17.1 Å². The first-order valence-corrected chi connectivity index (χ1v) is 13.3. The number of ether oxygens (including phenoxy) is 2. The Balaban J connectivity index is 1.39. The number of rotatable bonds is 8. The fourth-order valence-electron chi connectivity index (χ4n) is 5.61. The molecule has 3 aromatic carbocycles. The Morgan fingerprint density at radius 3 is 2.56 bits per heavy atom. The van der Waals surface area contributed by atoms with Crippen LogP contribution >= 0.6 is 11.6 Å². The van der Waals surface area contributed by atoms with Gasteiger partial charge in [-0.1, -0.05) is 23.7 Å². The molecule has 9 nitrogen and oxygen atoms in total. The number of benzene rings is 3. The molecule has 0 bridgehead atoms. The smallest absolute Gasteiger partial charge is 0.269 e. The highest BCUT2D eigenvalue weighted by Crippen LogP contribution is 2.40. The molecule has 39 heavy (non-hydrogen) atoms. The molecule has 10 heteroatoms. The maximum absolute atomic E-state index is 13.6. The number of carbonyl (C=O) groups excluding carboxylic acids is 1. The van der Waals surface area contributed by atoms with E-state index < -0.39 is 0 Å². The van der Waals surface area contributed by atoms with Crippen LogP contribution in [0.15, 0.2) is 60.7 Å². The Bertz CT molecular complexity index is 1370. The van der Waals surface area contributed by atoms with Crippen LogP contribution in [-0.4, -0.2) is 57.3 Å². The highest BCUT2D eigenvalue weighted by molar-refractivity contribution is 6.31. The summed E-state index contributed by atoms with van der Waals surface area (Å²) >= 11 is 6.32. The third kappa shape index (κ3) is 5.59. The van der Waals surface area contributed by atoms with E-state index in [0.29, 0.717) is 44.0 Å². The standard InChI is InChI=1S/C29H31ClN4O5/c1-38-23-7-3-19(4-8-23)11-12-31-29(35)24-16-20-15-22(34(36)37)6-9-25(20)33-14-13-32(18-27(24)33)26-17-21(30)5-10-28(26)39-2/h3-10,15,17,24,27H,11-14,16,18H2,1-2H3,(H,31,35)/t24-,27+/m0/s1. The van der Waals surface area contributed by atoms with Crippen molar-refractivity contribution in [3.8, 4) is 11.5 Å². The zero-order valence-electron chi connectivity index (χ0n) is 21.9. The second-order valence-electron chi connectivity index (χ2n) is 9.79. The lowest BCUT2D eigenvalue weighted by Gasteiger charge is -2.49. The van der Waals surface area contributed by atoms with Gasteiger partial charge < -0.3 is 24.6 Å². The topological polar surface area (TPSA) is 97.2 Å². The van der Waals surface area contributed by atoms with Gasteiger partial charge in [-0.25, -0.2) is 0 Å². The first-order chi connectivity index (χ1) is 18.9. The molecule has 0 radical (unpaired) electrons. The number of piperazine rings is 1. The molecular formula is C29H31ClN4O5. The van der Waals surface area contributed by atoms with Gasteiger partial charge in [0, 0.05) is 49.0 Å². The van der Waals surface area contributed by atoms with Crippen molar-refractivity contribution in [2.24, 2.45) is 5.92 Å². The average Bonchev–Trinajstić information content (AvgIpc) is 2.96. The summed E-state index contributed by atoms with van der Waals surface area (Å²) in [6, 6.07) is 18.1. The zero-order chi connectivity index (χ0) is 27.5. The lowest BCUT2D eigenvalue weighted by atomic mass is 9.83. The first kappa shape index (κ1) is 26.6. The van der Waals surface area contributed by atoms with Crippen LogP contribution in [0.25, 0.3) is 0 Å². The van der Waals surface area contributed by atoms with Gasteiger partial charge in [-0.15, -0.1) is 0 Å². The molecule has 2 heterocycles. The quantitative estimate of drug-likeness (QED) is 0.326. The summed E-state index contributed by atoms with van der Waals surface area (Å²) in [5.74, 6) is 1.06. The highest BCUT2D eigenvalue weighted by Gasteiger charge is 2.42. The second-order valence-corrected chi connectivity index (χ2v) is 10.2. The molecule has 0 aliphatic carbocycles. The number of hydrogen-bond acceptors (Lipinski definition) is 7. The molecule has 0 spiro atoms. The van der Waals surface area contributed by atoms with Crippen molar-refractivity contribution in [3.63, 3.8) is 0 Å². The molecule has 204 valence electrons. The van der Waals surface area contributed by atoms with Crippen molar-refractivity contribution in [3.05, 3.63) is 86.9 Å².